The minimum absolute atomic E-state index is 0.0255. The fraction of sp³-hybridized carbons (Fsp3) is 0.931. The van der Waals surface area contributed by atoms with Gasteiger partial charge in [-0.2, -0.15) is 0 Å². The summed E-state index contributed by atoms with van der Waals surface area (Å²) in [5.74, 6) is -0.000931. The van der Waals surface area contributed by atoms with Crippen LogP contribution < -0.4 is 5.32 Å². The number of amides is 1. The number of allylic oxidation sites excluding steroid dienone is 4. The van der Waals surface area contributed by atoms with Crippen LogP contribution in [0.2, 0.25) is 0 Å². The third-order valence-corrected chi connectivity index (χ3v) is 20.5. The third-order valence-electron chi connectivity index (χ3n) is 20.5. The van der Waals surface area contributed by atoms with Crippen LogP contribution in [0.25, 0.3) is 0 Å². The lowest BCUT2D eigenvalue weighted by molar-refractivity contribution is -0.143. The van der Waals surface area contributed by atoms with Crippen molar-refractivity contribution in [1.29, 1.82) is 0 Å². The Morgan fingerprint density at radius 3 is 0.817 bits per heavy atom. The second-order valence-corrected chi connectivity index (χ2v) is 29.9. The molecule has 6 nitrogen and oxygen atoms in total. The highest BCUT2D eigenvalue weighted by Gasteiger charge is 2.20. The molecule has 0 aromatic heterocycles. The number of carbonyl (C=O) groups is 2. The zero-order chi connectivity index (χ0) is 67.0. The van der Waals surface area contributed by atoms with Crippen molar-refractivity contribution in [2.45, 2.75) is 508 Å². The van der Waals surface area contributed by atoms with Crippen LogP contribution in [0.15, 0.2) is 24.3 Å². The lowest BCUT2D eigenvalue weighted by Gasteiger charge is -2.22. The standard InChI is InChI=1S/C87H169NO5/c1-3-5-7-9-11-13-15-17-19-21-22-44-48-51-55-59-63-67-71-75-79-85(90)84(83-89)88-86(91)80-76-72-68-64-60-56-52-49-45-42-40-38-36-34-32-30-28-26-24-23-25-27-29-31-33-35-37-39-41-43-46-50-54-58-62-66-70-74-78-82-93-87(92)81-77-73-69-65-61-57-53-47-20-18-16-14-12-10-8-6-4-2/h23-24,27,29,84-85,89-90H,3-22,25-26,28,30-83H2,1-2H3,(H,88,91)/b24-23-,29-27-. The van der Waals surface area contributed by atoms with E-state index in [1.54, 1.807) is 0 Å². The minimum Gasteiger partial charge on any atom is -0.466 e. The predicted octanol–water partition coefficient (Wildman–Crippen LogP) is 28.8. The second-order valence-electron chi connectivity index (χ2n) is 29.9. The van der Waals surface area contributed by atoms with E-state index in [0.717, 1.165) is 44.9 Å². The molecule has 6 heteroatoms. The number of aliphatic hydroxyl groups excluding tert-OH is 2. The average molecular weight is 1310 g/mol. The number of unbranched alkanes of at least 4 members (excludes halogenated alkanes) is 67. The van der Waals surface area contributed by atoms with Crippen molar-refractivity contribution < 1.29 is 24.5 Å². The highest BCUT2D eigenvalue weighted by Crippen LogP contribution is 2.21. The summed E-state index contributed by atoms with van der Waals surface area (Å²) >= 11 is 0. The van der Waals surface area contributed by atoms with Crippen LogP contribution in [-0.4, -0.2) is 47.4 Å². The topological polar surface area (TPSA) is 95.9 Å². The van der Waals surface area contributed by atoms with Crippen molar-refractivity contribution in [2.75, 3.05) is 13.2 Å². The Hall–Kier alpha value is -1.66. The lowest BCUT2D eigenvalue weighted by atomic mass is 10.0. The summed E-state index contributed by atoms with van der Waals surface area (Å²) < 4.78 is 5.52. The van der Waals surface area contributed by atoms with Crippen molar-refractivity contribution in [3.05, 3.63) is 24.3 Å². The highest BCUT2D eigenvalue weighted by molar-refractivity contribution is 5.76. The average Bonchev–Trinajstić information content (AvgIpc) is 3.77. The van der Waals surface area contributed by atoms with Crippen LogP contribution in [-0.2, 0) is 14.3 Å². The maximum Gasteiger partial charge on any atom is 0.305 e. The quantitative estimate of drug-likeness (QED) is 0.0320. The molecule has 0 bridgehead atoms. The largest absolute Gasteiger partial charge is 0.466 e. The van der Waals surface area contributed by atoms with Gasteiger partial charge < -0.3 is 20.3 Å². The molecule has 0 heterocycles. The van der Waals surface area contributed by atoms with E-state index in [4.69, 9.17) is 4.74 Å². The maximum absolute atomic E-state index is 12.6. The number of hydrogen-bond acceptors (Lipinski definition) is 5. The molecular formula is C87H169NO5. The molecule has 0 aliphatic heterocycles. The molecule has 0 saturated carbocycles. The van der Waals surface area contributed by atoms with Gasteiger partial charge in [0.05, 0.1) is 25.4 Å². The first-order valence-corrected chi connectivity index (χ1v) is 43.1. The Kier molecular flexibility index (Phi) is 81.3. The van der Waals surface area contributed by atoms with Gasteiger partial charge in [0.15, 0.2) is 0 Å². The van der Waals surface area contributed by atoms with Gasteiger partial charge in [0, 0.05) is 12.8 Å². The molecule has 93 heavy (non-hydrogen) atoms. The fourth-order valence-corrected chi connectivity index (χ4v) is 14.0. The monoisotopic (exact) mass is 1310 g/mol. The summed E-state index contributed by atoms with van der Waals surface area (Å²) in [4.78, 5) is 24.7. The van der Waals surface area contributed by atoms with E-state index in [1.165, 1.54) is 417 Å². The van der Waals surface area contributed by atoms with Crippen LogP contribution in [0.1, 0.15) is 495 Å². The minimum atomic E-state index is -0.663. The van der Waals surface area contributed by atoms with Gasteiger partial charge in [-0.3, -0.25) is 9.59 Å². The Morgan fingerprint density at radius 2 is 0.538 bits per heavy atom. The first kappa shape index (κ1) is 91.3. The molecule has 0 radical (unpaired) electrons. The van der Waals surface area contributed by atoms with Gasteiger partial charge in [0.2, 0.25) is 5.91 Å². The van der Waals surface area contributed by atoms with Crippen molar-refractivity contribution >= 4 is 11.9 Å². The molecule has 0 aromatic carbocycles. The predicted molar refractivity (Wildman–Crippen MR) is 412 cm³/mol. The second kappa shape index (κ2) is 82.8. The number of rotatable bonds is 82. The van der Waals surface area contributed by atoms with Crippen molar-refractivity contribution in [3.63, 3.8) is 0 Å². The molecular weight excluding hydrogens is 1140 g/mol. The summed E-state index contributed by atoms with van der Waals surface area (Å²) in [7, 11) is 0. The summed E-state index contributed by atoms with van der Waals surface area (Å²) in [5, 5.41) is 23.5. The summed E-state index contributed by atoms with van der Waals surface area (Å²) in [5.41, 5.74) is 0. The first-order chi connectivity index (χ1) is 46.0. The molecule has 1 amide bonds. The van der Waals surface area contributed by atoms with E-state index >= 15 is 0 Å². The van der Waals surface area contributed by atoms with Crippen LogP contribution in [0.4, 0.5) is 0 Å². The van der Waals surface area contributed by atoms with Gasteiger partial charge in [0.25, 0.3) is 0 Å². The number of carbonyl (C=O) groups excluding carboxylic acids is 2. The van der Waals surface area contributed by atoms with Crippen LogP contribution in [0.5, 0.6) is 0 Å². The molecule has 2 unspecified atom stereocenters. The Balaban J connectivity index is 3.34. The first-order valence-electron chi connectivity index (χ1n) is 43.1. The molecule has 0 fully saturated rings. The number of esters is 1. The Labute approximate surface area is 583 Å². The maximum atomic E-state index is 12.6. The van der Waals surface area contributed by atoms with Crippen molar-refractivity contribution in [1.82, 2.24) is 5.32 Å². The van der Waals surface area contributed by atoms with Crippen molar-refractivity contribution in [3.8, 4) is 0 Å². The molecule has 3 N–H and O–H groups in total. The molecule has 0 saturated heterocycles. The zero-order valence-corrected chi connectivity index (χ0v) is 63.5. The molecule has 2 atom stereocenters. The summed E-state index contributed by atoms with van der Waals surface area (Å²) in [6, 6.07) is -0.540. The van der Waals surface area contributed by atoms with Crippen LogP contribution in [0, 0.1) is 0 Å². The Morgan fingerprint density at radius 1 is 0.301 bits per heavy atom. The van der Waals surface area contributed by atoms with Gasteiger partial charge in [-0.1, -0.05) is 449 Å². The fourth-order valence-electron chi connectivity index (χ4n) is 14.0. The lowest BCUT2D eigenvalue weighted by Crippen LogP contribution is -2.45. The normalized spacial score (nSPS) is 12.5. The number of aliphatic hydroxyl groups is 2. The number of hydrogen-bond donors (Lipinski definition) is 3. The van der Waals surface area contributed by atoms with E-state index in [1.807, 2.05) is 0 Å². The molecule has 0 rings (SSSR count). The van der Waals surface area contributed by atoms with E-state index < -0.39 is 12.1 Å². The molecule has 0 spiro atoms. The third kappa shape index (κ3) is 79.2. The number of ether oxygens (including phenoxy) is 1. The van der Waals surface area contributed by atoms with Gasteiger partial charge in [0.1, 0.15) is 0 Å². The van der Waals surface area contributed by atoms with Crippen LogP contribution in [0.3, 0.4) is 0 Å². The summed E-state index contributed by atoms with van der Waals surface area (Å²) in [6.45, 7) is 5.02. The highest BCUT2D eigenvalue weighted by atomic mass is 16.5. The molecule has 0 aliphatic carbocycles. The van der Waals surface area contributed by atoms with E-state index in [-0.39, 0.29) is 18.5 Å². The van der Waals surface area contributed by atoms with Gasteiger partial charge in [-0.15, -0.1) is 0 Å². The molecule has 0 aromatic rings. The SMILES string of the molecule is CCCCCCCCCCCCCCCCCCCCCCC(O)C(CO)NC(=O)CCCCCCCCCCCCCCCCCCC/C=C\C/C=C\CCCCCCCCCCCCCCCCCOC(=O)CCCCCCCCCCCCCCCCCCC. The Bertz CT molecular complexity index is 1460. The van der Waals surface area contributed by atoms with Gasteiger partial charge in [-0.25, -0.2) is 0 Å². The molecule has 0 aliphatic rings. The number of nitrogens with one attached hydrogen (secondary N) is 1. The smallest absolute Gasteiger partial charge is 0.305 e. The van der Waals surface area contributed by atoms with Crippen LogP contribution >= 0.6 is 0 Å². The van der Waals surface area contributed by atoms with Gasteiger partial charge in [-0.05, 0) is 57.8 Å². The summed E-state index contributed by atoms with van der Waals surface area (Å²) in [6.07, 6.45) is 107. The molecule has 552 valence electrons. The van der Waals surface area contributed by atoms with Crippen molar-refractivity contribution in [2.24, 2.45) is 0 Å². The van der Waals surface area contributed by atoms with E-state index in [2.05, 4.69) is 43.5 Å². The zero-order valence-electron chi connectivity index (χ0n) is 63.5. The van der Waals surface area contributed by atoms with E-state index in [0.29, 0.717) is 25.9 Å². The van der Waals surface area contributed by atoms with Gasteiger partial charge >= 0.3 is 5.97 Å². The van der Waals surface area contributed by atoms with E-state index in [9.17, 15) is 19.8 Å².